The van der Waals surface area contributed by atoms with Crippen LogP contribution in [0.5, 0.6) is 0 Å². The second-order valence-electron chi connectivity index (χ2n) is 3.25. The van der Waals surface area contributed by atoms with Crippen molar-refractivity contribution in [3.8, 4) is 0 Å². The van der Waals surface area contributed by atoms with Crippen LogP contribution in [0.3, 0.4) is 0 Å². The van der Waals surface area contributed by atoms with Crippen LogP contribution in [0, 0.1) is 5.92 Å². The quantitative estimate of drug-likeness (QED) is 0.642. The summed E-state index contributed by atoms with van der Waals surface area (Å²) in [6, 6.07) is 0. The van der Waals surface area contributed by atoms with Crippen LogP contribution in [0.25, 0.3) is 0 Å². The highest BCUT2D eigenvalue weighted by atomic mass is 16.4. The molecule has 1 atom stereocenters. The van der Waals surface area contributed by atoms with E-state index in [1.54, 1.807) is 6.92 Å². The van der Waals surface area contributed by atoms with Crippen LogP contribution in [0.1, 0.15) is 26.7 Å². The van der Waals surface area contributed by atoms with Crippen LogP contribution >= 0.6 is 0 Å². The summed E-state index contributed by atoms with van der Waals surface area (Å²) in [4.78, 5) is 31.9. The molecule has 1 amide bonds. The van der Waals surface area contributed by atoms with E-state index in [1.807, 2.05) is 0 Å². The molecule has 0 aliphatic heterocycles. The van der Waals surface area contributed by atoms with E-state index >= 15 is 0 Å². The van der Waals surface area contributed by atoms with Crippen molar-refractivity contribution in [2.24, 2.45) is 5.92 Å². The zero-order chi connectivity index (χ0) is 11.1. The maximum atomic E-state index is 11.2. The molecule has 14 heavy (non-hydrogen) atoms. The van der Waals surface area contributed by atoms with E-state index in [-0.39, 0.29) is 30.6 Å². The number of hydrogen-bond donors (Lipinski definition) is 2. The van der Waals surface area contributed by atoms with Crippen LogP contribution < -0.4 is 5.32 Å². The number of nitrogens with one attached hydrogen (secondary N) is 1. The molecule has 0 aromatic carbocycles. The van der Waals surface area contributed by atoms with Crippen molar-refractivity contribution in [3.05, 3.63) is 0 Å². The fourth-order valence-electron chi connectivity index (χ4n) is 0.857. The standard InChI is InChI=1S/C9H15NO4/c1-6(3-4-8(12)13)9(14)10-5-7(2)11/h6H,3-5H2,1-2H3,(H,10,14)(H,12,13)/t6-/m0/s1. The van der Waals surface area contributed by atoms with E-state index in [4.69, 9.17) is 5.11 Å². The van der Waals surface area contributed by atoms with Gasteiger partial charge in [-0.05, 0) is 13.3 Å². The Morgan fingerprint density at radius 3 is 2.36 bits per heavy atom. The minimum atomic E-state index is -0.920. The van der Waals surface area contributed by atoms with Crippen molar-refractivity contribution in [2.45, 2.75) is 26.7 Å². The number of amides is 1. The average Bonchev–Trinajstić information content (AvgIpc) is 2.09. The van der Waals surface area contributed by atoms with E-state index in [9.17, 15) is 14.4 Å². The molecule has 0 aromatic rings. The summed E-state index contributed by atoms with van der Waals surface area (Å²) in [6.45, 7) is 3.02. The van der Waals surface area contributed by atoms with Crippen molar-refractivity contribution in [1.29, 1.82) is 0 Å². The number of carboxylic acids is 1. The number of carbonyl (C=O) groups excluding carboxylic acids is 2. The molecule has 0 fully saturated rings. The molecule has 5 nitrogen and oxygen atoms in total. The Morgan fingerprint density at radius 2 is 1.93 bits per heavy atom. The van der Waals surface area contributed by atoms with Crippen molar-refractivity contribution >= 4 is 17.7 Å². The van der Waals surface area contributed by atoms with Crippen LogP contribution in [0.4, 0.5) is 0 Å². The molecule has 0 saturated heterocycles. The zero-order valence-electron chi connectivity index (χ0n) is 8.37. The summed E-state index contributed by atoms with van der Waals surface area (Å²) in [7, 11) is 0. The lowest BCUT2D eigenvalue weighted by atomic mass is 10.1. The molecule has 0 saturated carbocycles. The van der Waals surface area contributed by atoms with Gasteiger partial charge in [0.25, 0.3) is 0 Å². The highest BCUT2D eigenvalue weighted by molar-refractivity contribution is 5.85. The van der Waals surface area contributed by atoms with Gasteiger partial charge in [-0.15, -0.1) is 0 Å². The van der Waals surface area contributed by atoms with Crippen LogP contribution in [-0.4, -0.2) is 29.3 Å². The molecular formula is C9H15NO4. The molecule has 0 spiro atoms. The van der Waals surface area contributed by atoms with Gasteiger partial charge in [0.05, 0.1) is 6.54 Å². The van der Waals surface area contributed by atoms with E-state index in [1.165, 1.54) is 6.92 Å². The summed E-state index contributed by atoms with van der Waals surface area (Å²) in [6.07, 6.45) is 0.258. The van der Waals surface area contributed by atoms with Crippen molar-refractivity contribution in [1.82, 2.24) is 5.32 Å². The zero-order valence-corrected chi connectivity index (χ0v) is 8.37. The second kappa shape index (κ2) is 6.12. The average molecular weight is 201 g/mol. The summed E-state index contributed by atoms with van der Waals surface area (Å²) < 4.78 is 0. The fourth-order valence-corrected chi connectivity index (χ4v) is 0.857. The van der Waals surface area contributed by atoms with Crippen molar-refractivity contribution in [2.75, 3.05) is 6.54 Å². The molecule has 2 N–H and O–H groups in total. The van der Waals surface area contributed by atoms with Crippen molar-refractivity contribution in [3.63, 3.8) is 0 Å². The number of ketones is 1. The first kappa shape index (κ1) is 12.6. The molecule has 0 bridgehead atoms. The van der Waals surface area contributed by atoms with Gasteiger partial charge in [-0.3, -0.25) is 14.4 Å². The Kier molecular flexibility index (Phi) is 5.52. The largest absolute Gasteiger partial charge is 0.481 e. The van der Waals surface area contributed by atoms with Gasteiger partial charge in [-0.2, -0.15) is 0 Å². The smallest absolute Gasteiger partial charge is 0.303 e. The molecule has 0 radical (unpaired) electrons. The highest BCUT2D eigenvalue weighted by Gasteiger charge is 2.13. The maximum Gasteiger partial charge on any atom is 0.303 e. The van der Waals surface area contributed by atoms with E-state index in [2.05, 4.69) is 5.32 Å². The molecule has 0 rings (SSSR count). The number of carbonyl (C=O) groups is 3. The van der Waals surface area contributed by atoms with Gasteiger partial charge in [-0.1, -0.05) is 6.92 Å². The van der Waals surface area contributed by atoms with Gasteiger partial charge in [-0.25, -0.2) is 0 Å². The van der Waals surface area contributed by atoms with Gasteiger partial charge in [0, 0.05) is 12.3 Å². The van der Waals surface area contributed by atoms with Crippen LogP contribution in [0.2, 0.25) is 0 Å². The summed E-state index contributed by atoms with van der Waals surface area (Å²) >= 11 is 0. The number of carboxylic acid groups (broad SMARTS) is 1. The van der Waals surface area contributed by atoms with Crippen LogP contribution in [-0.2, 0) is 14.4 Å². The second-order valence-corrected chi connectivity index (χ2v) is 3.25. The SMILES string of the molecule is CC(=O)CNC(=O)[C@@H](C)CCC(=O)O. The van der Waals surface area contributed by atoms with E-state index < -0.39 is 5.97 Å². The van der Waals surface area contributed by atoms with Gasteiger partial charge in [0.15, 0.2) is 0 Å². The lowest BCUT2D eigenvalue weighted by molar-refractivity contribution is -0.137. The molecular weight excluding hydrogens is 186 g/mol. The molecule has 0 heterocycles. The first-order valence-electron chi connectivity index (χ1n) is 4.42. The molecule has 0 aliphatic rings. The first-order valence-corrected chi connectivity index (χ1v) is 4.42. The molecule has 0 unspecified atom stereocenters. The third kappa shape index (κ3) is 6.16. The topological polar surface area (TPSA) is 83.5 Å². The monoisotopic (exact) mass is 201 g/mol. The molecule has 80 valence electrons. The van der Waals surface area contributed by atoms with Crippen LogP contribution in [0.15, 0.2) is 0 Å². The summed E-state index contributed by atoms with van der Waals surface area (Å²) in [5, 5.41) is 10.8. The molecule has 0 aromatic heterocycles. The van der Waals surface area contributed by atoms with Gasteiger partial charge < -0.3 is 10.4 Å². The molecule has 0 aliphatic carbocycles. The van der Waals surface area contributed by atoms with E-state index in [0.29, 0.717) is 6.42 Å². The van der Waals surface area contributed by atoms with Gasteiger partial charge >= 0.3 is 5.97 Å². The minimum absolute atomic E-state index is 0.0102. The van der Waals surface area contributed by atoms with E-state index in [0.717, 1.165) is 0 Å². The Labute approximate surface area is 82.5 Å². The van der Waals surface area contributed by atoms with Gasteiger partial charge in [0.2, 0.25) is 5.91 Å². The van der Waals surface area contributed by atoms with Crippen molar-refractivity contribution < 1.29 is 19.5 Å². The number of rotatable bonds is 6. The predicted molar refractivity (Wildman–Crippen MR) is 49.7 cm³/mol. The lowest BCUT2D eigenvalue weighted by Crippen LogP contribution is -2.33. The Hall–Kier alpha value is -1.39. The molecule has 5 heteroatoms. The highest BCUT2D eigenvalue weighted by Crippen LogP contribution is 2.04. The predicted octanol–water partition coefficient (Wildman–Crippen LogP) is 0.192. The first-order chi connectivity index (χ1) is 6.43. The maximum absolute atomic E-state index is 11.2. The summed E-state index contributed by atoms with van der Waals surface area (Å²) in [5.74, 6) is -1.69. The number of aliphatic carboxylic acids is 1. The Bertz CT molecular complexity index is 237. The van der Waals surface area contributed by atoms with Gasteiger partial charge in [0.1, 0.15) is 5.78 Å². The Morgan fingerprint density at radius 1 is 1.36 bits per heavy atom. The third-order valence-electron chi connectivity index (χ3n) is 1.75. The third-order valence-corrected chi connectivity index (χ3v) is 1.75. The number of hydrogen-bond acceptors (Lipinski definition) is 3. The fraction of sp³-hybridized carbons (Fsp3) is 0.667. The normalized spacial score (nSPS) is 11.9. The summed E-state index contributed by atoms with van der Waals surface area (Å²) in [5.41, 5.74) is 0. The lowest BCUT2D eigenvalue weighted by Gasteiger charge is -2.09. The minimum Gasteiger partial charge on any atom is -0.481 e. The number of Topliss-reactive ketones (excluding diaryl/α,β-unsaturated/α-hetero) is 1. The Balaban J connectivity index is 3.76.